The van der Waals surface area contributed by atoms with E-state index in [0.717, 1.165) is 19.3 Å². The molecule has 3 amide bonds. The number of fused-ring (bicyclic) bond motifs is 1. The largest absolute Gasteiger partial charge is 0.451 e. The van der Waals surface area contributed by atoms with Crippen molar-refractivity contribution >= 4 is 29.2 Å². The fourth-order valence-electron chi connectivity index (χ4n) is 2.00. The molecule has 1 aliphatic rings. The zero-order valence-corrected chi connectivity index (χ0v) is 12.0. The lowest BCUT2D eigenvalue weighted by Gasteiger charge is -2.05. The van der Waals surface area contributed by atoms with Crippen molar-refractivity contribution < 1.29 is 19.1 Å². The van der Waals surface area contributed by atoms with Gasteiger partial charge in [0.2, 0.25) is 0 Å². The van der Waals surface area contributed by atoms with Gasteiger partial charge in [0.15, 0.2) is 6.61 Å². The summed E-state index contributed by atoms with van der Waals surface area (Å²) >= 11 is 1.42. The van der Waals surface area contributed by atoms with Crippen molar-refractivity contribution in [2.45, 2.75) is 26.2 Å². The quantitative estimate of drug-likeness (QED) is 0.819. The van der Waals surface area contributed by atoms with Crippen LogP contribution in [0, 0.1) is 0 Å². The number of carbonyl (C=O) groups excluding carboxylic acids is 3. The van der Waals surface area contributed by atoms with Gasteiger partial charge in [-0.05, 0) is 37.8 Å². The van der Waals surface area contributed by atoms with Gasteiger partial charge in [-0.25, -0.2) is 9.59 Å². The fraction of sp³-hybridized carbons (Fsp3) is 0.462. The van der Waals surface area contributed by atoms with Crippen LogP contribution in [0.3, 0.4) is 0 Å². The predicted molar refractivity (Wildman–Crippen MR) is 73.8 cm³/mol. The number of urea groups is 1. The molecule has 0 bridgehead atoms. The minimum Gasteiger partial charge on any atom is -0.451 e. The number of hydrogen-bond donors (Lipinski definition) is 2. The molecular formula is C13H16N2O4S. The van der Waals surface area contributed by atoms with Gasteiger partial charge in [-0.15, -0.1) is 11.3 Å². The Labute approximate surface area is 120 Å². The Morgan fingerprint density at radius 1 is 1.35 bits per heavy atom. The molecule has 0 saturated heterocycles. The summed E-state index contributed by atoms with van der Waals surface area (Å²) in [5.74, 6) is -1.16. The summed E-state index contributed by atoms with van der Waals surface area (Å²) in [6, 6.07) is 1.24. The SMILES string of the molecule is CCNC(=O)NC(=O)COC(=O)c1cc2c(s1)CCC2. The van der Waals surface area contributed by atoms with Gasteiger partial charge >= 0.3 is 12.0 Å². The van der Waals surface area contributed by atoms with Gasteiger partial charge in [-0.3, -0.25) is 10.1 Å². The van der Waals surface area contributed by atoms with Crippen LogP contribution in [-0.4, -0.2) is 31.1 Å². The van der Waals surface area contributed by atoms with Crippen LogP contribution in [0.4, 0.5) is 4.79 Å². The van der Waals surface area contributed by atoms with Crippen LogP contribution in [0.15, 0.2) is 6.07 Å². The zero-order chi connectivity index (χ0) is 14.5. The zero-order valence-electron chi connectivity index (χ0n) is 11.2. The smallest absolute Gasteiger partial charge is 0.348 e. The Kier molecular flexibility index (Phi) is 4.73. The highest BCUT2D eigenvalue weighted by atomic mass is 32.1. The van der Waals surface area contributed by atoms with E-state index in [0.29, 0.717) is 11.4 Å². The molecular weight excluding hydrogens is 280 g/mol. The number of carbonyl (C=O) groups is 3. The maximum Gasteiger partial charge on any atom is 0.348 e. The predicted octanol–water partition coefficient (Wildman–Crippen LogP) is 1.24. The van der Waals surface area contributed by atoms with Crippen molar-refractivity contribution in [2.75, 3.05) is 13.2 Å². The summed E-state index contributed by atoms with van der Waals surface area (Å²) in [6.07, 6.45) is 3.13. The second-order valence-electron chi connectivity index (χ2n) is 4.40. The van der Waals surface area contributed by atoms with Gasteiger partial charge in [0.1, 0.15) is 4.88 Å². The monoisotopic (exact) mass is 296 g/mol. The first-order valence-corrected chi connectivity index (χ1v) is 7.28. The third kappa shape index (κ3) is 3.57. The molecule has 7 heteroatoms. The first-order valence-electron chi connectivity index (χ1n) is 6.46. The Balaban J connectivity index is 1.79. The highest BCUT2D eigenvalue weighted by Gasteiger charge is 2.20. The van der Waals surface area contributed by atoms with Crippen LogP contribution in [0.25, 0.3) is 0 Å². The van der Waals surface area contributed by atoms with Crippen molar-refractivity contribution in [3.63, 3.8) is 0 Å². The van der Waals surface area contributed by atoms with E-state index >= 15 is 0 Å². The molecule has 0 spiro atoms. The lowest BCUT2D eigenvalue weighted by molar-refractivity contribution is -0.123. The molecule has 1 heterocycles. The van der Waals surface area contributed by atoms with Gasteiger partial charge < -0.3 is 10.1 Å². The number of hydrogen-bond acceptors (Lipinski definition) is 5. The number of thiophene rings is 1. The molecule has 0 aliphatic heterocycles. The third-order valence-electron chi connectivity index (χ3n) is 2.87. The topological polar surface area (TPSA) is 84.5 Å². The lowest BCUT2D eigenvalue weighted by Crippen LogP contribution is -2.41. The minimum absolute atomic E-state index is 0.416. The molecule has 0 unspecified atom stereocenters. The van der Waals surface area contributed by atoms with E-state index in [9.17, 15) is 14.4 Å². The molecule has 20 heavy (non-hydrogen) atoms. The van der Waals surface area contributed by atoms with Crippen molar-refractivity contribution in [1.29, 1.82) is 0 Å². The van der Waals surface area contributed by atoms with E-state index in [2.05, 4.69) is 10.6 Å². The lowest BCUT2D eigenvalue weighted by atomic mass is 10.2. The van der Waals surface area contributed by atoms with E-state index < -0.39 is 24.5 Å². The molecule has 0 saturated carbocycles. The van der Waals surface area contributed by atoms with Crippen LogP contribution in [0.2, 0.25) is 0 Å². The first kappa shape index (κ1) is 14.5. The van der Waals surface area contributed by atoms with E-state index in [-0.39, 0.29) is 0 Å². The number of imide groups is 1. The summed E-state index contributed by atoms with van der Waals surface area (Å²) in [5, 5.41) is 4.48. The van der Waals surface area contributed by atoms with E-state index in [1.54, 1.807) is 6.92 Å². The van der Waals surface area contributed by atoms with Crippen molar-refractivity contribution in [3.8, 4) is 0 Å². The molecule has 1 aromatic heterocycles. The Morgan fingerprint density at radius 2 is 2.15 bits per heavy atom. The molecule has 1 aromatic rings. The van der Waals surface area contributed by atoms with Crippen LogP contribution in [0.1, 0.15) is 33.5 Å². The van der Waals surface area contributed by atoms with Gasteiger partial charge in [0.05, 0.1) is 0 Å². The normalized spacial score (nSPS) is 12.7. The average molecular weight is 296 g/mol. The van der Waals surface area contributed by atoms with Crippen LogP contribution in [0.5, 0.6) is 0 Å². The summed E-state index contributed by atoms with van der Waals surface area (Å²) in [7, 11) is 0. The van der Waals surface area contributed by atoms with Crippen molar-refractivity contribution in [2.24, 2.45) is 0 Å². The first-order chi connectivity index (χ1) is 9.60. The third-order valence-corrected chi connectivity index (χ3v) is 4.09. The van der Waals surface area contributed by atoms with Crippen molar-refractivity contribution in [3.05, 3.63) is 21.4 Å². The second-order valence-corrected chi connectivity index (χ2v) is 5.53. The maximum absolute atomic E-state index is 11.8. The Hall–Kier alpha value is -1.89. The molecule has 1 aliphatic carbocycles. The highest BCUT2D eigenvalue weighted by Crippen LogP contribution is 2.30. The average Bonchev–Trinajstić information content (AvgIpc) is 2.96. The van der Waals surface area contributed by atoms with Crippen LogP contribution in [-0.2, 0) is 22.4 Å². The number of esters is 1. The van der Waals surface area contributed by atoms with Crippen LogP contribution >= 0.6 is 11.3 Å². The molecule has 0 aromatic carbocycles. The molecule has 108 valence electrons. The minimum atomic E-state index is -0.645. The number of aryl methyl sites for hydroxylation is 2. The number of rotatable bonds is 4. The van der Waals surface area contributed by atoms with Crippen molar-refractivity contribution in [1.82, 2.24) is 10.6 Å². The Bertz CT molecular complexity index is 517. The molecule has 2 N–H and O–H groups in total. The van der Waals surface area contributed by atoms with Gasteiger partial charge in [0.25, 0.3) is 5.91 Å². The summed E-state index contributed by atoms with van der Waals surface area (Å²) in [6.45, 7) is 1.69. The summed E-state index contributed by atoms with van der Waals surface area (Å²) in [4.78, 5) is 36.0. The van der Waals surface area contributed by atoms with Gasteiger partial charge in [-0.2, -0.15) is 0 Å². The van der Waals surface area contributed by atoms with Crippen LogP contribution < -0.4 is 10.6 Å². The molecule has 0 fully saturated rings. The van der Waals surface area contributed by atoms with E-state index in [1.165, 1.54) is 21.8 Å². The number of nitrogens with one attached hydrogen (secondary N) is 2. The summed E-state index contributed by atoms with van der Waals surface area (Å²) < 4.78 is 4.89. The number of amides is 3. The highest BCUT2D eigenvalue weighted by molar-refractivity contribution is 7.14. The molecule has 0 atom stereocenters. The fourth-order valence-corrected chi connectivity index (χ4v) is 3.15. The van der Waals surface area contributed by atoms with E-state index in [1.807, 2.05) is 6.07 Å². The van der Waals surface area contributed by atoms with E-state index in [4.69, 9.17) is 4.74 Å². The molecule has 0 radical (unpaired) electrons. The summed E-state index contributed by atoms with van der Waals surface area (Å²) in [5.41, 5.74) is 1.20. The Morgan fingerprint density at radius 3 is 2.85 bits per heavy atom. The maximum atomic E-state index is 11.8. The van der Waals surface area contributed by atoms with Gasteiger partial charge in [0, 0.05) is 11.4 Å². The number of ether oxygens (including phenoxy) is 1. The molecule has 6 nitrogen and oxygen atoms in total. The molecule has 2 rings (SSSR count). The standard InChI is InChI=1S/C13H16N2O4S/c1-2-14-13(18)15-11(16)7-19-12(17)10-6-8-4-3-5-9(8)20-10/h6H,2-5,7H2,1H3,(H2,14,15,16,18). The van der Waals surface area contributed by atoms with Gasteiger partial charge in [-0.1, -0.05) is 0 Å². The second kappa shape index (κ2) is 6.51.